The van der Waals surface area contributed by atoms with Gasteiger partial charge in [0.15, 0.2) is 0 Å². The maximum atomic E-state index is 11.8. The normalized spacial score (nSPS) is 19.4. The SMILES string of the molecule is COc1ccc(C(=O)N[C@@H]2CCNC2)cc1. The molecule has 2 N–H and O–H groups in total. The second-order valence-electron chi connectivity index (χ2n) is 3.89. The van der Waals surface area contributed by atoms with Crippen LogP contribution in [0.5, 0.6) is 5.75 Å². The summed E-state index contributed by atoms with van der Waals surface area (Å²) in [4.78, 5) is 11.8. The minimum absolute atomic E-state index is 0.0173. The van der Waals surface area contributed by atoms with Gasteiger partial charge < -0.3 is 15.4 Å². The topological polar surface area (TPSA) is 50.4 Å². The highest BCUT2D eigenvalue weighted by Crippen LogP contribution is 2.11. The highest BCUT2D eigenvalue weighted by Gasteiger charge is 2.17. The first-order chi connectivity index (χ1) is 7.79. The van der Waals surface area contributed by atoms with Crippen molar-refractivity contribution in [3.05, 3.63) is 29.8 Å². The Kier molecular flexibility index (Phi) is 3.41. The molecule has 0 radical (unpaired) electrons. The zero-order valence-electron chi connectivity index (χ0n) is 9.32. The number of hydrogen-bond donors (Lipinski definition) is 2. The number of benzene rings is 1. The predicted molar refractivity (Wildman–Crippen MR) is 61.7 cm³/mol. The summed E-state index contributed by atoms with van der Waals surface area (Å²) >= 11 is 0. The molecule has 1 amide bonds. The third-order valence-corrected chi connectivity index (χ3v) is 2.75. The zero-order valence-corrected chi connectivity index (χ0v) is 9.32. The minimum atomic E-state index is -0.0173. The summed E-state index contributed by atoms with van der Waals surface area (Å²) in [5.41, 5.74) is 0.674. The van der Waals surface area contributed by atoms with Crippen molar-refractivity contribution >= 4 is 5.91 Å². The fourth-order valence-corrected chi connectivity index (χ4v) is 1.79. The second kappa shape index (κ2) is 4.99. The van der Waals surface area contributed by atoms with Gasteiger partial charge in [0.05, 0.1) is 7.11 Å². The van der Waals surface area contributed by atoms with E-state index in [0.29, 0.717) is 5.56 Å². The van der Waals surface area contributed by atoms with E-state index in [1.807, 2.05) is 0 Å². The van der Waals surface area contributed by atoms with Crippen LogP contribution in [0.1, 0.15) is 16.8 Å². The van der Waals surface area contributed by atoms with E-state index in [9.17, 15) is 4.79 Å². The number of rotatable bonds is 3. The summed E-state index contributed by atoms with van der Waals surface area (Å²) in [6, 6.07) is 7.39. The molecule has 0 unspecified atom stereocenters. The second-order valence-corrected chi connectivity index (χ2v) is 3.89. The molecular weight excluding hydrogens is 204 g/mol. The molecule has 1 aromatic carbocycles. The highest BCUT2D eigenvalue weighted by atomic mass is 16.5. The van der Waals surface area contributed by atoms with Gasteiger partial charge >= 0.3 is 0 Å². The van der Waals surface area contributed by atoms with Crippen LogP contribution in [0, 0.1) is 0 Å². The van der Waals surface area contributed by atoms with Gasteiger partial charge in [-0.05, 0) is 37.2 Å². The Morgan fingerprint density at radius 2 is 2.19 bits per heavy atom. The molecule has 0 aromatic heterocycles. The van der Waals surface area contributed by atoms with Crippen LogP contribution < -0.4 is 15.4 Å². The Bertz CT molecular complexity index is 356. The van der Waals surface area contributed by atoms with Crippen molar-refractivity contribution in [1.82, 2.24) is 10.6 Å². The lowest BCUT2D eigenvalue weighted by molar-refractivity contribution is 0.0940. The Labute approximate surface area is 95.0 Å². The largest absolute Gasteiger partial charge is 0.497 e. The molecular formula is C12H16N2O2. The third-order valence-electron chi connectivity index (χ3n) is 2.75. The van der Waals surface area contributed by atoms with E-state index in [4.69, 9.17) is 4.74 Å². The summed E-state index contributed by atoms with van der Waals surface area (Å²) in [6.07, 6.45) is 1.00. The fourth-order valence-electron chi connectivity index (χ4n) is 1.79. The van der Waals surface area contributed by atoms with Gasteiger partial charge in [0.2, 0.25) is 0 Å². The molecule has 0 saturated carbocycles. The van der Waals surface area contributed by atoms with Gasteiger partial charge in [-0.15, -0.1) is 0 Å². The summed E-state index contributed by atoms with van der Waals surface area (Å²) in [6.45, 7) is 1.84. The monoisotopic (exact) mass is 220 g/mol. The molecule has 86 valence electrons. The number of carbonyl (C=O) groups excluding carboxylic acids is 1. The van der Waals surface area contributed by atoms with Crippen molar-refractivity contribution in [2.75, 3.05) is 20.2 Å². The van der Waals surface area contributed by atoms with Crippen LogP contribution in [0.2, 0.25) is 0 Å². The van der Waals surface area contributed by atoms with Crippen LogP contribution in [-0.4, -0.2) is 32.1 Å². The van der Waals surface area contributed by atoms with E-state index < -0.39 is 0 Å². The van der Waals surface area contributed by atoms with Crippen molar-refractivity contribution in [2.45, 2.75) is 12.5 Å². The van der Waals surface area contributed by atoms with Gasteiger partial charge in [0, 0.05) is 18.2 Å². The molecule has 1 atom stereocenters. The molecule has 4 heteroatoms. The number of carbonyl (C=O) groups is 1. The molecule has 4 nitrogen and oxygen atoms in total. The number of ether oxygens (including phenoxy) is 1. The molecule has 16 heavy (non-hydrogen) atoms. The van der Waals surface area contributed by atoms with Crippen LogP contribution in [0.4, 0.5) is 0 Å². The van der Waals surface area contributed by atoms with Crippen LogP contribution in [0.15, 0.2) is 24.3 Å². The number of amides is 1. The van der Waals surface area contributed by atoms with E-state index in [2.05, 4.69) is 10.6 Å². The zero-order chi connectivity index (χ0) is 11.4. The predicted octanol–water partition coefficient (Wildman–Crippen LogP) is 0.787. The standard InChI is InChI=1S/C12H16N2O2/c1-16-11-4-2-9(3-5-11)12(15)14-10-6-7-13-8-10/h2-5,10,13H,6-8H2,1H3,(H,14,15)/t10-/m1/s1. The minimum Gasteiger partial charge on any atom is -0.497 e. The van der Waals surface area contributed by atoms with E-state index in [1.54, 1.807) is 31.4 Å². The average molecular weight is 220 g/mol. The molecule has 1 aromatic rings. The van der Waals surface area contributed by atoms with Crippen LogP contribution in [0.25, 0.3) is 0 Å². The van der Waals surface area contributed by atoms with E-state index in [1.165, 1.54) is 0 Å². The molecule has 1 aliphatic heterocycles. The van der Waals surface area contributed by atoms with Crippen molar-refractivity contribution in [3.63, 3.8) is 0 Å². The average Bonchev–Trinajstić information content (AvgIpc) is 2.82. The highest BCUT2D eigenvalue weighted by molar-refractivity contribution is 5.94. The number of hydrogen-bond acceptors (Lipinski definition) is 3. The van der Waals surface area contributed by atoms with Crippen molar-refractivity contribution in [3.8, 4) is 5.75 Å². The molecule has 1 saturated heterocycles. The number of nitrogens with one attached hydrogen (secondary N) is 2. The summed E-state index contributed by atoms with van der Waals surface area (Å²) in [5.74, 6) is 0.746. The first kappa shape index (κ1) is 11.0. The van der Waals surface area contributed by atoms with Gasteiger partial charge in [-0.1, -0.05) is 0 Å². The van der Waals surface area contributed by atoms with Gasteiger partial charge in [0.1, 0.15) is 5.75 Å². The first-order valence-electron chi connectivity index (χ1n) is 5.45. The molecule has 1 fully saturated rings. The molecule has 0 spiro atoms. The summed E-state index contributed by atoms with van der Waals surface area (Å²) in [7, 11) is 1.61. The smallest absolute Gasteiger partial charge is 0.251 e. The Balaban J connectivity index is 1.97. The fraction of sp³-hybridized carbons (Fsp3) is 0.417. The van der Waals surface area contributed by atoms with Crippen LogP contribution in [0.3, 0.4) is 0 Å². The lowest BCUT2D eigenvalue weighted by Crippen LogP contribution is -2.36. The van der Waals surface area contributed by atoms with Crippen molar-refractivity contribution in [2.24, 2.45) is 0 Å². The van der Waals surface area contributed by atoms with Crippen molar-refractivity contribution < 1.29 is 9.53 Å². The summed E-state index contributed by atoms with van der Waals surface area (Å²) in [5, 5.41) is 6.20. The molecule has 1 aliphatic rings. The quantitative estimate of drug-likeness (QED) is 0.791. The van der Waals surface area contributed by atoms with Gasteiger partial charge in [0.25, 0.3) is 5.91 Å². The van der Waals surface area contributed by atoms with Crippen LogP contribution >= 0.6 is 0 Å². The molecule has 1 heterocycles. The maximum absolute atomic E-state index is 11.8. The molecule has 0 bridgehead atoms. The maximum Gasteiger partial charge on any atom is 0.251 e. The van der Waals surface area contributed by atoms with E-state index in [-0.39, 0.29) is 11.9 Å². The lowest BCUT2D eigenvalue weighted by atomic mass is 10.2. The third kappa shape index (κ3) is 2.52. The van der Waals surface area contributed by atoms with Crippen molar-refractivity contribution in [1.29, 1.82) is 0 Å². The Morgan fingerprint density at radius 3 is 2.75 bits per heavy atom. The van der Waals surface area contributed by atoms with Crippen LogP contribution in [-0.2, 0) is 0 Å². The summed E-state index contributed by atoms with van der Waals surface area (Å²) < 4.78 is 5.04. The molecule has 2 rings (SSSR count). The lowest BCUT2D eigenvalue weighted by Gasteiger charge is -2.11. The van der Waals surface area contributed by atoms with E-state index >= 15 is 0 Å². The first-order valence-corrected chi connectivity index (χ1v) is 5.45. The molecule has 0 aliphatic carbocycles. The Morgan fingerprint density at radius 1 is 1.44 bits per heavy atom. The Hall–Kier alpha value is -1.55. The number of methoxy groups -OCH3 is 1. The van der Waals surface area contributed by atoms with Gasteiger partial charge in [-0.3, -0.25) is 4.79 Å². The van der Waals surface area contributed by atoms with Gasteiger partial charge in [-0.2, -0.15) is 0 Å². The van der Waals surface area contributed by atoms with E-state index in [0.717, 1.165) is 25.3 Å². The van der Waals surface area contributed by atoms with Gasteiger partial charge in [-0.25, -0.2) is 0 Å².